The Morgan fingerprint density at radius 1 is 1.22 bits per heavy atom. The second-order valence-electron chi connectivity index (χ2n) is 5.88. The zero-order chi connectivity index (χ0) is 19.2. The molecular weight excluding hydrogens is 349 g/mol. The highest BCUT2D eigenvalue weighted by Gasteiger charge is 2.28. The van der Waals surface area contributed by atoms with Crippen molar-refractivity contribution in [2.24, 2.45) is 5.92 Å². The van der Waals surface area contributed by atoms with Crippen molar-refractivity contribution in [3.05, 3.63) is 73.1 Å². The number of imidazole rings is 1. The molecule has 27 heavy (non-hydrogen) atoms. The predicted molar refractivity (Wildman–Crippen MR) is 98.2 cm³/mol. The lowest BCUT2D eigenvalue weighted by molar-refractivity contribution is -0.149. The van der Waals surface area contributed by atoms with Crippen molar-refractivity contribution in [2.75, 3.05) is 12.4 Å². The maximum Gasteiger partial charge on any atom is 0.320 e. The number of halogens is 1. The summed E-state index contributed by atoms with van der Waals surface area (Å²) in [7, 11) is 1.22. The third kappa shape index (κ3) is 4.38. The molecule has 0 radical (unpaired) electrons. The van der Waals surface area contributed by atoms with E-state index in [2.05, 4.69) is 10.3 Å². The largest absolute Gasteiger partial charge is 0.468 e. The van der Waals surface area contributed by atoms with Crippen molar-refractivity contribution in [1.82, 2.24) is 9.55 Å². The number of nitrogens with one attached hydrogen (secondary N) is 1. The third-order valence-corrected chi connectivity index (χ3v) is 4.08. The van der Waals surface area contributed by atoms with Gasteiger partial charge in [0, 0.05) is 24.5 Å². The van der Waals surface area contributed by atoms with Gasteiger partial charge in [0.15, 0.2) is 5.92 Å². The van der Waals surface area contributed by atoms with Crippen molar-refractivity contribution in [3.63, 3.8) is 0 Å². The summed E-state index contributed by atoms with van der Waals surface area (Å²) < 4.78 is 20.1. The van der Waals surface area contributed by atoms with Crippen LogP contribution >= 0.6 is 0 Å². The number of rotatable bonds is 6. The highest BCUT2D eigenvalue weighted by Crippen LogP contribution is 2.29. The van der Waals surface area contributed by atoms with Crippen LogP contribution in [-0.4, -0.2) is 28.5 Å². The van der Waals surface area contributed by atoms with Crippen molar-refractivity contribution in [2.45, 2.75) is 6.54 Å². The van der Waals surface area contributed by atoms with E-state index >= 15 is 0 Å². The van der Waals surface area contributed by atoms with Crippen LogP contribution in [0.1, 0.15) is 0 Å². The van der Waals surface area contributed by atoms with E-state index in [9.17, 15) is 14.0 Å². The molecule has 1 heterocycles. The molecule has 1 aromatic heterocycles. The Morgan fingerprint density at radius 3 is 2.67 bits per heavy atom. The zero-order valence-electron chi connectivity index (χ0n) is 14.6. The summed E-state index contributed by atoms with van der Waals surface area (Å²) in [6, 6.07) is 13.4. The zero-order valence-corrected chi connectivity index (χ0v) is 14.6. The molecule has 1 atom stereocenters. The average molecular weight is 367 g/mol. The van der Waals surface area contributed by atoms with Crippen LogP contribution in [-0.2, 0) is 20.9 Å². The van der Waals surface area contributed by atoms with Gasteiger partial charge < -0.3 is 14.6 Å². The monoisotopic (exact) mass is 367 g/mol. The standard InChI is InChI=1S/C20H18FN3O3/c1-27-20(26)17(12-24-10-9-22-13-24)19(25)23-18-11-15(21)7-8-16(18)14-5-3-2-4-6-14/h2-11,13,17H,12H2,1H3,(H,23,25)/t17-/m0/s1. The highest BCUT2D eigenvalue weighted by atomic mass is 19.1. The van der Waals surface area contributed by atoms with E-state index in [1.807, 2.05) is 30.3 Å². The lowest BCUT2D eigenvalue weighted by Crippen LogP contribution is -2.34. The number of nitrogens with zero attached hydrogens (tertiary/aromatic N) is 2. The molecule has 7 heteroatoms. The lowest BCUT2D eigenvalue weighted by Gasteiger charge is -2.17. The summed E-state index contributed by atoms with van der Waals surface area (Å²) in [6.07, 6.45) is 4.69. The Balaban J connectivity index is 1.89. The number of ether oxygens (including phenoxy) is 1. The highest BCUT2D eigenvalue weighted by molar-refractivity contribution is 6.06. The number of hydrogen-bond donors (Lipinski definition) is 1. The van der Waals surface area contributed by atoms with Gasteiger partial charge in [-0.3, -0.25) is 9.59 Å². The Kier molecular flexibility index (Phi) is 5.61. The molecule has 1 amide bonds. The molecule has 0 saturated carbocycles. The van der Waals surface area contributed by atoms with Gasteiger partial charge in [0.25, 0.3) is 0 Å². The van der Waals surface area contributed by atoms with Crippen molar-refractivity contribution >= 4 is 17.6 Å². The number of hydrogen-bond acceptors (Lipinski definition) is 4. The second kappa shape index (κ2) is 8.27. The van der Waals surface area contributed by atoms with E-state index in [1.54, 1.807) is 23.0 Å². The van der Waals surface area contributed by atoms with Crippen LogP contribution in [0.3, 0.4) is 0 Å². The van der Waals surface area contributed by atoms with E-state index in [0.717, 1.165) is 5.56 Å². The van der Waals surface area contributed by atoms with Gasteiger partial charge in [-0.25, -0.2) is 9.37 Å². The molecular formula is C20H18FN3O3. The first-order chi connectivity index (χ1) is 13.1. The van der Waals surface area contributed by atoms with Crippen LogP contribution < -0.4 is 5.32 Å². The van der Waals surface area contributed by atoms with Gasteiger partial charge in [0.2, 0.25) is 5.91 Å². The number of anilines is 1. The molecule has 3 rings (SSSR count). The SMILES string of the molecule is COC(=O)[C@@H](Cn1ccnc1)C(=O)Nc1cc(F)ccc1-c1ccccc1. The fourth-order valence-electron chi connectivity index (χ4n) is 2.72. The number of carbonyl (C=O) groups is 2. The summed E-state index contributed by atoms with van der Waals surface area (Å²) in [5.74, 6) is -2.86. The molecule has 1 N–H and O–H groups in total. The van der Waals surface area contributed by atoms with Crippen LogP contribution in [0.15, 0.2) is 67.3 Å². The minimum Gasteiger partial charge on any atom is -0.468 e. The average Bonchev–Trinajstić information content (AvgIpc) is 3.19. The van der Waals surface area contributed by atoms with Gasteiger partial charge in [-0.05, 0) is 23.8 Å². The lowest BCUT2D eigenvalue weighted by atomic mass is 10.0. The van der Waals surface area contributed by atoms with Crippen LogP contribution in [0, 0.1) is 11.7 Å². The van der Waals surface area contributed by atoms with Gasteiger partial charge in [0.05, 0.1) is 19.1 Å². The topological polar surface area (TPSA) is 73.2 Å². The minimum atomic E-state index is -1.10. The minimum absolute atomic E-state index is 0.0640. The number of aromatic nitrogens is 2. The third-order valence-electron chi connectivity index (χ3n) is 4.08. The Morgan fingerprint density at radius 2 is 2.00 bits per heavy atom. The first-order valence-corrected chi connectivity index (χ1v) is 8.28. The quantitative estimate of drug-likeness (QED) is 0.537. The number of amides is 1. The summed E-state index contributed by atoms with van der Waals surface area (Å²) in [4.78, 5) is 28.8. The number of carbonyl (C=O) groups excluding carboxylic acids is 2. The molecule has 6 nitrogen and oxygen atoms in total. The van der Waals surface area contributed by atoms with Crippen LogP contribution in [0.4, 0.5) is 10.1 Å². The fraction of sp³-hybridized carbons (Fsp3) is 0.150. The molecule has 0 spiro atoms. The Bertz CT molecular complexity index is 927. The first kappa shape index (κ1) is 18.3. The van der Waals surface area contributed by atoms with Gasteiger partial charge in [0.1, 0.15) is 5.82 Å². The summed E-state index contributed by atoms with van der Waals surface area (Å²) >= 11 is 0. The molecule has 0 fully saturated rings. The normalized spacial score (nSPS) is 11.6. The summed E-state index contributed by atoms with van der Waals surface area (Å²) in [6.45, 7) is 0.0640. The van der Waals surface area contributed by atoms with Crippen LogP contribution in [0.2, 0.25) is 0 Å². The number of methoxy groups -OCH3 is 1. The summed E-state index contributed by atoms with van der Waals surface area (Å²) in [5.41, 5.74) is 1.75. The molecule has 0 unspecified atom stereocenters. The maximum atomic E-state index is 13.8. The van der Waals surface area contributed by atoms with Crippen molar-refractivity contribution in [1.29, 1.82) is 0 Å². The predicted octanol–water partition coefficient (Wildman–Crippen LogP) is 3.12. The van der Waals surface area contributed by atoms with Crippen molar-refractivity contribution in [3.8, 4) is 11.1 Å². The van der Waals surface area contributed by atoms with E-state index < -0.39 is 23.6 Å². The van der Waals surface area contributed by atoms with Gasteiger partial charge in [-0.15, -0.1) is 0 Å². The van der Waals surface area contributed by atoms with Gasteiger partial charge in [-0.2, -0.15) is 0 Å². The summed E-state index contributed by atoms with van der Waals surface area (Å²) in [5, 5.41) is 2.66. The molecule has 3 aromatic rings. The van der Waals surface area contributed by atoms with Gasteiger partial charge in [-0.1, -0.05) is 30.3 Å². The fourth-order valence-corrected chi connectivity index (χ4v) is 2.72. The molecule has 0 saturated heterocycles. The molecule has 2 aromatic carbocycles. The maximum absolute atomic E-state index is 13.8. The van der Waals surface area contributed by atoms with Crippen LogP contribution in [0.5, 0.6) is 0 Å². The molecule has 0 aliphatic heterocycles. The molecule has 0 aliphatic carbocycles. The van der Waals surface area contributed by atoms with E-state index in [-0.39, 0.29) is 12.2 Å². The Hall–Kier alpha value is -3.48. The first-order valence-electron chi connectivity index (χ1n) is 8.28. The second-order valence-corrected chi connectivity index (χ2v) is 5.88. The van der Waals surface area contributed by atoms with E-state index in [4.69, 9.17) is 4.74 Å². The number of esters is 1. The molecule has 0 aliphatic rings. The molecule has 138 valence electrons. The van der Waals surface area contributed by atoms with Crippen molar-refractivity contribution < 1.29 is 18.7 Å². The smallest absolute Gasteiger partial charge is 0.320 e. The Labute approximate surface area is 155 Å². The van der Waals surface area contributed by atoms with E-state index in [0.29, 0.717) is 5.56 Å². The van der Waals surface area contributed by atoms with Crippen LogP contribution in [0.25, 0.3) is 11.1 Å². The van der Waals surface area contributed by atoms with Gasteiger partial charge >= 0.3 is 5.97 Å². The molecule has 0 bridgehead atoms. The number of benzene rings is 2. The van der Waals surface area contributed by atoms with E-state index in [1.165, 1.54) is 25.6 Å².